The summed E-state index contributed by atoms with van der Waals surface area (Å²) in [7, 11) is 1.60. The lowest BCUT2D eigenvalue weighted by Gasteiger charge is -2.14. The first-order chi connectivity index (χ1) is 17.6. The van der Waals surface area contributed by atoms with Crippen LogP contribution in [0.2, 0.25) is 0 Å². The number of methoxy groups -OCH3 is 1. The van der Waals surface area contributed by atoms with Gasteiger partial charge in [-0.2, -0.15) is 10.2 Å². The normalized spacial score (nSPS) is 11.6. The number of nitrogens with zero attached hydrogens (tertiary/aromatic N) is 5. The first-order valence-electron chi connectivity index (χ1n) is 11.1. The van der Waals surface area contributed by atoms with Crippen molar-refractivity contribution in [2.24, 2.45) is 10.9 Å². The third-order valence-electron chi connectivity index (χ3n) is 5.73. The molecule has 0 atom stereocenters. The van der Waals surface area contributed by atoms with Crippen LogP contribution >= 0.6 is 0 Å². The van der Waals surface area contributed by atoms with E-state index in [-0.39, 0.29) is 11.6 Å². The highest BCUT2D eigenvalue weighted by atomic mass is 19.1. The van der Waals surface area contributed by atoms with Gasteiger partial charge in [-0.1, -0.05) is 12.1 Å². The van der Waals surface area contributed by atoms with Crippen molar-refractivity contribution < 1.29 is 9.13 Å². The summed E-state index contributed by atoms with van der Waals surface area (Å²) in [5.74, 6) is 6.89. The van der Waals surface area contributed by atoms with Crippen molar-refractivity contribution in [3.63, 3.8) is 0 Å². The Kier molecular flexibility index (Phi) is 6.14. The average molecular weight is 483 g/mol. The largest absolute Gasteiger partial charge is 0.497 e. The van der Waals surface area contributed by atoms with Gasteiger partial charge in [0.05, 0.1) is 30.9 Å². The topological polar surface area (TPSA) is 129 Å². The number of nitrogens with one attached hydrogen (secondary N) is 1. The molecule has 10 heteroatoms. The smallest absolute Gasteiger partial charge is 0.145 e. The molecule has 3 aromatic carbocycles. The predicted molar refractivity (Wildman–Crippen MR) is 138 cm³/mol. The highest BCUT2D eigenvalue weighted by molar-refractivity contribution is 6.18. The van der Waals surface area contributed by atoms with E-state index in [2.05, 4.69) is 25.5 Å². The van der Waals surface area contributed by atoms with E-state index < -0.39 is 0 Å². The maximum atomic E-state index is 13.6. The maximum Gasteiger partial charge on any atom is 0.145 e. The van der Waals surface area contributed by atoms with Gasteiger partial charge in [-0.15, -0.1) is 0 Å². The molecule has 0 radical (unpaired) electrons. The molecule has 0 aliphatic rings. The molecular weight excluding hydrogens is 459 g/mol. The molecule has 180 valence electrons. The molecule has 0 fully saturated rings. The first kappa shape index (κ1) is 22.8. The second kappa shape index (κ2) is 9.71. The van der Waals surface area contributed by atoms with Crippen LogP contribution in [0.3, 0.4) is 0 Å². The Morgan fingerprint density at radius 2 is 1.92 bits per heavy atom. The number of fused-ring (bicyclic) bond motifs is 1. The van der Waals surface area contributed by atoms with E-state index in [9.17, 15) is 4.39 Å². The van der Waals surface area contributed by atoms with Crippen molar-refractivity contribution in [3.8, 4) is 5.75 Å². The van der Waals surface area contributed by atoms with Crippen LogP contribution < -0.4 is 21.6 Å². The molecule has 0 saturated heterocycles. The molecule has 5 rings (SSSR count). The van der Waals surface area contributed by atoms with Crippen LogP contribution in [0.5, 0.6) is 5.75 Å². The molecule has 0 aliphatic heterocycles. The van der Waals surface area contributed by atoms with Gasteiger partial charge in [0.15, 0.2) is 0 Å². The van der Waals surface area contributed by atoms with Crippen molar-refractivity contribution in [2.75, 3.05) is 18.2 Å². The van der Waals surface area contributed by atoms with Crippen molar-refractivity contribution in [1.29, 1.82) is 0 Å². The zero-order valence-electron chi connectivity index (χ0n) is 19.4. The van der Waals surface area contributed by atoms with Crippen molar-refractivity contribution >= 4 is 33.9 Å². The third-order valence-corrected chi connectivity index (χ3v) is 5.73. The van der Waals surface area contributed by atoms with Gasteiger partial charge in [-0.25, -0.2) is 14.4 Å². The van der Waals surface area contributed by atoms with E-state index in [4.69, 9.17) is 16.3 Å². The number of hydrogen-bond acceptors (Lipinski definition) is 8. The fourth-order valence-electron chi connectivity index (χ4n) is 4.00. The van der Waals surface area contributed by atoms with Gasteiger partial charge in [0.2, 0.25) is 0 Å². The fourth-order valence-corrected chi connectivity index (χ4v) is 4.00. The number of halogens is 1. The number of rotatable bonds is 7. The highest BCUT2D eigenvalue weighted by Gasteiger charge is 2.18. The van der Waals surface area contributed by atoms with Crippen LogP contribution in [0.1, 0.15) is 16.7 Å². The Bertz CT molecular complexity index is 1560. The lowest BCUT2D eigenvalue weighted by molar-refractivity contribution is 0.415. The minimum Gasteiger partial charge on any atom is -0.497 e. The van der Waals surface area contributed by atoms with E-state index >= 15 is 0 Å². The molecular formula is C26H23FN8O. The van der Waals surface area contributed by atoms with Gasteiger partial charge in [0.1, 0.15) is 35.2 Å². The Morgan fingerprint density at radius 1 is 1.08 bits per heavy atom. The Morgan fingerprint density at radius 3 is 2.67 bits per heavy atom. The number of hydrogen-bond donors (Lipinski definition) is 3. The number of ether oxygens (including phenoxy) is 1. The van der Waals surface area contributed by atoms with Gasteiger partial charge >= 0.3 is 0 Å². The number of benzene rings is 3. The summed E-state index contributed by atoms with van der Waals surface area (Å²) in [6, 6.07) is 19.6. The minimum atomic E-state index is -0.273. The van der Waals surface area contributed by atoms with Gasteiger partial charge < -0.3 is 21.6 Å². The van der Waals surface area contributed by atoms with Crippen LogP contribution in [-0.2, 0) is 6.54 Å². The number of nitrogens with two attached hydrogens (primary N) is 2. The summed E-state index contributed by atoms with van der Waals surface area (Å²) in [5.41, 5.74) is 10.4. The van der Waals surface area contributed by atoms with E-state index in [0.29, 0.717) is 29.4 Å². The predicted octanol–water partition coefficient (Wildman–Crippen LogP) is 4.06. The van der Waals surface area contributed by atoms with E-state index in [1.807, 2.05) is 53.2 Å². The van der Waals surface area contributed by atoms with Crippen LogP contribution in [0, 0.1) is 5.82 Å². The quantitative estimate of drug-likeness (QED) is 0.181. The van der Waals surface area contributed by atoms with Crippen LogP contribution in [0.25, 0.3) is 10.9 Å². The average Bonchev–Trinajstić information content (AvgIpc) is 3.28. The summed E-state index contributed by atoms with van der Waals surface area (Å²) in [6.07, 6.45) is 3.14. The third kappa shape index (κ3) is 4.51. The number of nitrogen functional groups attached to an aromatic ring is 1. The minimum absolute atomic E-state index is 0.233. The summed E-state index contributed by atoms with van der Waals surface area (Å²) >= 11 is 0. The summed E-state index contributed by atoms with van der Waals surface area (Å²) in [5, 5.41) is 12.7. The van der Waals surface area contributed by atoms with Crippen LogP contribution in [-0.4, -0.2) is 32.6 Å². The van der Waals surface area contributed by atoms with Gasteiger partial charge in [0.25, 0.3) is 0 Å². The first-order valence-corrected chi connectivity index (χ1v) is 11.1. The number of aromatic nitrogens is 4. The SMILES string of the molecule is COc1ccc(C(=NN)c2c(N)ncnc2Nc2ccc3c(cnn3Cc3cccc(F)c3)c2)cc1. The molecule has 0 aliphatic carbocycles. The molecule has 36 heavy (non-hydrogen) atoms. The summed E-state index contributed by atoms with van der Waals surface area (Å²) < 4.78 is 20.6. The van der Waals surface area contributed by atoms with Gasteiger partial charge in [-0.05, 0) is 60.2 Å². The van der Waals surface area contributed by atoms with Crippen molar-refractivity contribution in [3.05, 3.63) is 102 Å². The highest BCUT2D eigenvalue weighted by Crippen LogP contribution is 2.28. The molecule has 5 N–H and O–H groups in total. The van der Waals surface area contributed by atoms with E-state index in [0.717, 1.165) is 27.7 Å². The zero-order valence-corrected chi connectivity index (χ0v) is 19.4. The van der Waals surface area contributed by atoms with Crippen LogP contribution in [0.4, 0.5) is 21.7 Å². The summed E-state index contributed by atoms with van der Waals surface area (Å²) in [4.78, 5) is 8.53. The number of anilines is 3. The lowest BCUT2D eigenvalue weighted by Crippen LogP contribution is -2.14. The second-order valence-corrected chi connectivity index (χ2v) is 8.02. The maximum absolute atomic E-state index is 13.6. The molecule has 9 nitrogen and oxygen atoms in total. The lowest BCUT2D eigenvalue weighted by atomic mass is 10.0. The van der Waals surface area contributed by atoms with Crippen molar-refractivity contribution in [1.82, 2.24) is 19.7 Å². The summed E-state index contributed by atoms with van der Waals surface area (Å²) in [6.45, 7) is 0.457. The Hall–Kier alpha value is -4.99. The molecule has 0 unspecified atom stereocenters. The molecule has 2 heterocycles. The standard InChI is InChI=1S/C26H23FN8O/c1-36-21-8-5-17(6-9-21)24(34-29)23-25(28)30-15-31-26(23)33-20-7-10-22-18(12-20)13-32-35(22)14-16-3-2-4-19(27)11-16/h2-13,15H,14,29H2,1H3,(H3,28,30,31,33). The Balaban J connectivity index is 1.45. The number of hydrazone groups is 1. The van der Waals surface area contributed by atoms with E-state index in [1.165, 1.54) is 18.5 Å². The Labute approximate surface area is 206 Å². The second-order valence-electron chi connectivity index (χ2n) is 8.02. The molecule has 0 amide bonds. The molecule has 0 saturated carbocycles. The fraction of sp³-hybridized carbons (Fsp3) is 0.0769. The van der Waals surface area contributed by atoms with Gasteiger partial charge in [-0.3, -0.25) is 4.68 Å². The van der Waals surface area contributed by atoms with Gasteiger partial charge in [0, 0.05) is 16.6 Å². The molecule has 0 bridgehead atoms. The zero-order chi connectivity index (χ0) is 25.1. The van der Waals surface area contributed by atoms with Crippen LogP contribution in [0.15, 0.2) is 84.4 Å². The molecule has 2 aromatic heterocycles. The van der Waals surface area contributed by atoms with Crippen molar-refractivity contribution in [2.45, 2.75) is 6.54 Å². The molecule has 5 aromatic rings. The van der Waals surface area contributed by atoms with E-state index in [1.54, 1.807) is 19.4 Å². The monoisotopic (exact) mass is 482 g/mol. The molecule has 0 spiro atoms.